The third-order valence-corrected chi connectivity index (χ3v) is 3.87. The van der Waals surface area contributed by atoms with Crippen molar-refractivity contribution in [2.75, 3.05) is 5.32 Å². The van der Waals surface area contributed by atoms with Gasteiger partial charge in [0.2, 0.25) is 0 Å². The Morgan fingerprint density at radius 3 is 2.70 bits per heavy atom. The molecule has 20 heavy (non-hydrogen) atoms. The fourth-order valence-electron chi connectivity index (χ4n) is 1.83. The summed E-state index contributed by atoms with van der Waals surface area (Å²) in [6.45, 7) is 1.94. The van der Waals surface area contributed by atoms with Crippen molar-refractivity contribution in [1.82, 2.24) is 0 Å². The highest BCUT2D eigenvalue weighted by Gasteiger charge is 2.12. The van der Waals surface area contributed by atoms with Gasteiger partial charge in [-0.05, 0) is 53.3 Å². The summed E-state index contributed by atoms with van der Waals surface area (Å²) < 4.78 is 1.06. The van der Waals surface area contributed by atoms with Crippen molar-refractivity contribution >= 4 is 45.6 Å². The van der Waals surface area contributed by atoms with E-state index in [1.165, 1.54) is 6.07 Å². The molecule has 0 fully saturated rings. The normalized spacial score (nSPS) is 11.9. The van der Waals surface area contributed by atoms with Crippen molar-refractivity contribution in [1.29, 1.82) is 0 Å². The van der Waals surface area contributed by atoms with E-state index >= 15 is 0 Å². The van der Waals surface area contributed by atoms with E-state index in [4.69, 9.17) is 11.6 Å². The zero-order valence-electron chi connectivity index (χ0n) is 10.6. The minimum Gasteiger partial charge on any atom is -0.377 e. The van der Waals surface area contributed by atoms with E-state index in [9.17, 15) is 10.1 Å². The van der Waals surface area contributed by atoms with Gasteiger partial charge in [-0.15, -0.1) is 0 Å². The summed E-state index contributed by atoms with van der Waals surface area (Å²) in [6.07, 6.45) is 0. The number of halogens is 2. The molecular weight excluding hydrogens is 391 g/mol. The number of benzene rings is 2. The molecule has 0 aliphatic rings. The van der Waals surface area contributed by atoms with Crippen LogP contribution in [0.5, 0.6) is 0 Å². The molecule has 1 unspecified atom stereocenters. The predicted octanol–water partition coefficient (Wildman–Crippen LogP) is 5.03. The van der Waals surface area contributed by atoms with Crippen molar-refractivity contribution in [2.24, 2.45) is 0 Å². The predicted molar refractivity (Wildman–Crippen MR) is 89.3 cm³/mol. The maximum atomic E-state index is 10.8. The van der Waals surface area contributed by atoms with Crippen molar-refractivity contribution in [3.8, 4) is 0 Å². The van der Waals surface area contributed by atoms with Gasteiger partial charge in [0.15, 0.2) is 0 Å². The first kappa shape index (κ1) is 15.1. The average molecular weight is 403 g/mol. The lowest BCUT2D eigenvalue weighted by molar-refractivity contribution is -0.384. The SMILES string of the molecule is CC(Nc1ccc(I)cc1Cl)c1cccc([N+](=O)[O-])c1. The van der Waals surface area contributed by atoms with Gasteiger partial charge in [-0.2, -0.15) is 0 Å². The molecular formula is C14H12ClIN2O2. The first-order valence-electron chi connectivity index (χ1n) is 5.93. The van der Waals surface area contributed by atoms with Gasteiger partial charge in [0.1, 0.15) is 0 Å². The molecule has 0 spiro atoms. The summed E-state index contributed by atoms with van der Waals surface area (Å²) in [5.41, 5.74) is 1.74. The molecule has 2 aromatic carbocycles. The second-order valence-electron chi connectivity index (χ2n) is 4.34. The molecule has 0 bridgehead atoms. The molecule has 4 nitrogen and oxygen atoms in total. The van der Waals surface area contributed by atoms with Crippen LogP contribution < -0.4 is 5.32 Å². The van der Waals surface area contributed by atoms with Gasteiger partial charge >= 0.3 is 0 Å². The highest BCUT2D eigenvalue weighted by molar-refractivity contribution is 14.1. The molecule has 2 rings (SSSR count). The molecule has 6 heteroatoms. The summed E-state index contributed by atoms with van der Waals surface area (Å²) in [5, 5.41) is 14.7. The first-order valence-corrected chi connectivity index (χ1v) is 7.39. The standard InChI is InChI=1S/C14H12ClIN2O2/c1-9(10-3-2-4-12(7-10)18(19)20)17-14-6-5-11(16)8-13(14)15/h2-9,17H,1H3. The lowest BCUT2D eigenvalue weighted by Crippen LogP contribution is -2.07. The van der Waals surface area contributed by atoms with E-state index in [1.54, 1.807) is 12.1 Å². The Morgan fingerprint density at radius 2 is 2.05 bits per heavy atom. The van der Waals surface area contributed by atoms with Crippen molar-refractivity contribution in [3.05, 3.63) is 66.7 Å². The lowest BCUT2D eigenvalue weighted by Gasteiger charge is -2.16. The molecule has 0 saturated carbocycles. The van der Waals surface area contributed by atoms with E-state index in [1.807, 2.05) is 31.2 Å². The van der Waals surface area contributed by atoms with Gasteiger partial charge in [0.25, 0.3) is 5.69 Å². The molecule has 0 aliphatic heterocycles. The molecule has 0 aromatic heterocycles. The largest absolute Gasteiger partial charge is 0.377 e. The van der Waals surface area contributed by atoms with Crippen molar-refractivity contribution in [2.45, 2.75) is 13.0 Å². The number of anilines is 1. The smallest absolute Gasteiger partial charge is 0.269 e. The minimum atomic E-state index is -0.395. The van der Waals surface area contributed by atoms with E-state index in [0.717, 1.165) is 14.8 Å². The summed E-state index contributed by atoms with van der Waals surface area (Å²) in [4.78, 5) is 10.4. The fourth-order valence-corrected chi connectivity index (χ4v) is 2.74. The van der Waals surface area contributed by atoms with Crippen LogP contribution in [0.1, 0.15) is 18.5 Å². The fraction of sp³-hybridized carbons (Fsp3) is 0.143. The quantitative estimate of drug-likeness (QED) is 0.443. The van der Waals surface area contributed by atoms with Crippen LogP contribution in [-0.4, -0.2) is 4.92 Å². The van der Waals surface area contributed by atoms with Crippen LogP contribution in [0.15, 0.2) is 42.5 Å². The minimum absolute atomic E-state index is 0.0764. The zero-order chi connectivity index (χ0) is 14.7. The molecule has 2 aromatic rings. The van der Waals surface area contributed by atoms with E-state index in [2.05, 4.69) is 27.9 Å². The number of hydrogen-bond donors (Lipinski definition) is 1. The third kappa shape index (κ3) is 3.61. The Kier molecular flexibility index (Phi) is 4.82. The van der Waals surface area contributed by atoms with E-state index < -0.39 is 4.92 Å². The summed E-state index contributed by atoms with van der Waals surface area (Å²) in [6, 6.07) is 12.2. The molecule has 104 valence electrons. The lowest BCUT2D eigenvalue weighted by atomic mass is 10.1. The van der Waals surface area contributed by atoms with Crippen LogP contribution in [0, 0.1) is 13.7 Å². The highest BCUT2D eigenvalue weighted by Crippen LogP contribution is 2.28. The van der Waals surface area contributed by atoms with Crippen LogP contribution in [0.25, 0.3) is 0 Å². The maximum Gasteiger partial charge on any atom is 0.269 e. The number of nitro groups is 1. The number of nitrogens with zero attached hydrogens (tertiary/aromatic N) is 1. The summed E-state index contributed by atoms with van der Waals surface area (Å²) in [5.74, 6) is 0. The molecule has 0 aliphatic carbocycles. The summed E-state index contributed by atoms with van der Waals surface area (Å²) >= 11 is 8.36. The van der Waals surface area contributed by atoms with Crippen molar-refractivity contribution < 1.29 is 4.92 Å². The van der Waals surface area contributed by atoms with Crippen LogP contribution in [0.2, 0.25) is 5.02 Å². The van der Waals surface area contributed by atoms with Gasteiger partial charge < -0.3 is 5.32 Å². The Morgan fingerprint density at radius 1 is 1.30 bits per heavy atom. The molecule has 0 saturated heterocycles. The van der Waals surface area contributed by atoms with Gasteiger partial charge in [0, 0.05) is 21.7 Å². The molecule has 0 amide bonds. The van der Waals surface area contributed by atoms with Crippen LogP contribution in [0.4, 0.5) is 11.4 Å². The second kappa shape index (κ2) is 6.41. The Labute approximate surface area is 135 Å². The molecule has 1 atom stereocenters. The van der Waals surface area contributed by atoms with Crippen molar-refractivity contribution in [3.63, 3.8) is 0 Å². The van der Waals surface area contributed by atoms with Crippen LogP contribution in [0.3, 0.4) is 0 Å². The summed E-state index contributed by atoms with van der Waals surface area (Å²) in [7, 11) is 0. The Hall–Kier alpha value is -1.34. The van der Waals surface area contributed by atoms with Gasteiger partial charge in [-0.1, -0.05) is 23.7 Å². The number of hydrogen-bond acceptors (Lipinski definition) is 3. The number of nitro benzene ring substituents is 1. The van der Waals surface area contributed by atoms with E-state index in [0.29, 0.717) is 5.02 Å². The topological polar surface area (TPSA) is 55.2 Å². The average Bonchev–Trinajstić information content (AvgIpc) is 2.42. The molecule has 0 radical (unpaired) electrons. The second-order valence-corrected chi connectivity index (χ2v) is 6.00. The molecule has 1 N–H and O–H groups in total. The van der Waals surface area contributed by atoms with Gasteiger partial charge in [-0.3, -0.25) is 10.1 Å². The number of nitrogens with one attached hydrogen (secondary N) is 1. The van der Waals surface area contributed by atoms with Crippen LogP contribution >= 0.6 is 34.2 Å². The zero-order valence-corrected chi connectivity index (χ0v) is 13.6. The number of non-ortho nitro benzene ring substituents is 1. The monoisotopic (exact) mass is 402 g/mol. The maximum absolute atomic E-state index is 10.8. The third-order valence-electron chi connectivity index (χ3n) is 2.88. The molecule has 0 heterocycles. The first-order chi connectivity index (χ1) is 9.47. The van der Waals surface area contributed by atoms with Crippen LogP contribution in [-0.2, 0) is 0 Å². The van der Waals surface area contributed by atoms with Gasteiger partial charge in [-0.25, -0.2) is 0 Å². The van der Waals surface area contributed by atoms with Gasteiger partial charge in [0.05, 0.1) is 15.6 Å². The highest BCUT2D eigenvalue weighted by atomic mass is 127. The van der Waals surface area contributed by atoms with E-state index in [-0.39, 0.29) is 11.7 Å². The Bertz CT molecular complexity index is 649. The Balaban J connectivity index is 2.21. The number of rotatable bonds is 4.